The minimum absolute atomic E-state index is 0. The van der Waals surface area contributed by atoms with Crippen LogP contribution in [0.4, 0.5) is 12.9 Å². The Bertz CT molecular complexity index is 370. The standard InChI is InChI=1S/C11H15BF3N2.K/c1-10(12(13,14)15)9-17(2)8-6-11-5-3-4-7-16-11;/h3-5,7H,1,6,8-9H2,2H3;/q-1;+1. The van der Waals surface area contributed by atoms with Crippen LogP contribution in [-0.2, 0) is 6.42 Å². The molecule has 0 N–H and O–H groups in total. The van der Waals surface area contributed by atoms with Gasteiger partial charge in [0.1, 0.15) is 0 Å². The van der Waals surface area contributed by atoms with Crippen LogP contribution >= 0.6 is 0 Å². The number of aromatic nitrogens is 1. The minimum atomic E-state index is -4.93. The van der Waals surface area contributed by atoms with Crippen LogP contribution in [0.25, 0.3) is 0 Å². The van der Waals surface area contributed by atoms with Gasteiger partial charge in [-0.1, -0.05) is 6.07 Å². The Labute approximate surface area is 148 Å². The monoisotopic (exact) mass is 282 g/mol. The van der Waals surface area contributed by atoms with Crippen molar-refractivity contribution in [2.75, 3.05) is 20.1 Å². The molecule has 0 aliphatic carbocycles. The summed E-state index contributed by atoms with van der Waals surface area (Å²) in [5.74, 6) is 0. The zero-order chi connectivity index (χ0) is 12.9. The summed E-state index contributed by atoms with van der Waals surface area (Å²) in [6, 6.07) is 5.53. The molecule has 0 aliphatic heterocycles. The van der Waals surface area contributed by atoms with E-state index in [4.69, 9.17) is 0 Å². The Morgan fingerprint density at radius 2 is 2.06 bits per heavy atom. The molecule has 1 aromatic heterocycles. The summed E-state index contributed by atoms with van der Waals surface area (Å²) in [5.41, 5.74) is 0.219. The fraction of sp³-hybridized carbons (Fsp3) is 0.364. The second-order valence-electron chi connectivity index (χ2n) is 4.04. The number of hydrogen-bond acceptors (Lipinski definition) is 2. The van der Waals surface area contributed by atoms with E-state index in [2.05, 4.69) is 11.6 Å². The van der Waals surface area contributed by atoms with Crippen molar-refractivity contribution in [1.82, 2.24) is 9.88 Å². The van der Waals surface area contributed by atoms with Crippen molar-refractivity contribution >= 4 is 6.98 Å². The van der Waals surface area contributed by atoms with E-state index < -0.39 is 12.4 Å². The molecular formula is C11H15BF3KN2. The van der Waals surface area contributed by atoms with Gasteiger partial charge in [0.2, 0.25) is 0 Å². The molecule has 0 atom stereocenters. The fourth-order valence-corrected chi connectivity index (χ4v) is 1.38. The van der Waals surface area contributed by atoms with E-state index >= 15 is 0 Å². The molecule has 0 amide bonds. The van der Waals surface area contributed by atoms with Crippen LogP contribution < -0.4 is 51.4 Å². The number of rotatable bonds is 6. The van der Waals surface area contributed by atoms with Gasteiger partial charge in [0.25, 0.3) is 0 Å². The van der Waals surface area contributed by atoms with Crippen LogP contribution in [0.1, 0.15) is 5.69 Å². The van der Waals surface area contributed by atoms with E-state index in [0.29, 0.717) is 13.0 Å². The van der Waals surface area contributed by atoms with Crippen molar-refractivity contribution in [3.05, 3.63) is 42.1 Å². The second-order valence-corrected chi connectivity index (χ2v) is 4.04. The van der Waals surface area contributed by atoms with E-state index in [9.17, 15) is 12.9 Å². The van der Waals surface area contributed by atoms with Crippen LogP contribution in [0.5, 0.6) is 0 Å². The fourth-order valence-electron chi connectivity index (χ4n) is 1.38. The van der Waals surface area contributed by atoms with Crippen molar-refractivity contribution in [1.29, 1.82) is 0 Å². The SMILES string of the molecule is C=C(CN(C)CCc1ccccn1)[B-](F)(F)F.[K+]. The maximum atomic E-state index is 12.3. The molecule has 18 heavy (non-hydrogen) atoms. The quantitative estimate of drug-likeness (QED) is 0.654. The van der Waals surface area contributed by atoms with Gasteiger partial charge >= 0.3 is 58.4 Å². The molecule has 0 unspecified atom stereocenters. The Morgan fingerprint density at radius 1 is 1.39 bits per heavy atom. The molecule has 0 bridgehead atoms. The normalized spacial score (nSPS) is 11.2. The molecule has 1 aromatic rings. The second kappa shape index (κ2) is 8.50. The first-order valence-electron chi connectivity index (χ1n) is 5.35. The van der Waals surface area contributed by atoms with E-state index in [0.717, 1.165) is 5.69 Å². The first-order chi connectivity index (χ1) is 7.89. The molecule has 0 radical (unpaired) electrons. The number of hydrogen-bond donors (Lipinski definition) is 0. The van der Waals surface area contributed by atoms with Crippen molar-refractivity contribution in [3.8, 4) is 0 Å². The maximum Gasteiger partial charge on any atom is 1.00 e. The Kier molecular flexibility index (Phi) is 8.66. The van der Waals surface area contributed by atoms with E-state index in [1.54, 1.807) is 24.2 Å². The van der Waals surface area contributed by atoms with Crippen molar-refractivity contribution in [2.45, 2.75) is 6.42 Å². The predicted molar refractivity (Wildman–Crippen MR) is 63.7 cm³/mol. The third kappa shape index (κ3) is 7.06. The zero-order valence-corrected chi connectivity index (χ0v) is 13.9. The van der Waals surface area contributed by atoms with Crippen LogP contribution in [0.2, 0.25) is 0 Å². The molecule has 1 heterocycles. The molecule has 0 saturated heterocycles. The molecule has 7 heteroatoms. The van der Waals surface area contributed by atoms with Gasteiger partial charge in [-0.2, -0.15) is 0 Å². The number of likely N-dealkylation sites (N-methyl/N-ethyl adjacent to an activating group) is 1. The minimum Gasteiger partial charge on any atom is -0.445 e. The average Bonchev–Trinajstić information content (AvgIpc) is 2.26. The zero-order valence-electron chi connectivity index (χ0n) is 10.7. The molecule has 1 rings (SSSR count). The van der Waals surface area contributed by atoms with Gasteiger partial charge in [0, 0.05) is 24.9 Å². The van der Waals surface area contributed by atoms with Crippen molar-refractivity contribution in [3.63, 3.8) is 0 Å². The summed E-state index contributed by atoms with van der Waals surface area (Å²) in [7, 11) is 1.65. The number of halogens is 3. The topological polar surface area (TPSA) is 16.1 Å². The molecule has 0 saturated carbocycles. The number of nitrogens with zero attached hydrogens (tertiary/aromatic N) is 2. The Hall–Kier alpha value is 0.341. The van der Waals surface area contributed by atoms with Gasteiger partial charge in [-0.05, 0) is 25.7 Å². The van der Waals surface area contributed by atoms with Crippen LogP contribution in [-0.4, -0.2) is 37.0 Å². The van der Waals surface area contributed by atoms with Gasteiger partial charge in [-0.3, -0.25) is 4.98 Å². The largest absolute Gasteiger partial charge is 1.00 e. The van der Waals surface area contributed by atoms with Gasteiger partial charge in [-0.15, -0.1) is 12.1 Å². The summed E-state index contributed by atoms with van der Waals surface area (Å²) >= 11 is 0. The summed E-state index contributed by atoms with van der Waals surface area (Å²) < 4.78 is 36.9. The third-order valence-corrected chi connectivity index (χ3v) is 2.41. The van der Waals surface area contributed by atoms with E-state index in [1.807, 2.05) is 12.1 Å². The molecule has 0 spiro atoms. The molecule has 0 aliphatic rings. The summed E-state index contributed by atoms with van der Waals surface area (Å²) in [4.78, 5) is 5.71. The van der Waals surface area contributed by atoms with Gasteiger partial charge < -0.3 is 17.8 Å². The first kappa shape index (κ1) is 18.3. The third-order valence-electron chi connectivity index (χ3n) is 2.41. The smallest absolute Gasteiger partial charge is 0.445 e. The van der Waals surface area contributed by atoms with Gasteiger partial charge in [-0.25, -0.2) is 0 Å². The van der Waals surface area contributed by atoms with Crippen LogP contribution in [0, 0.1) is 0 Å². The summed E-state index contributed by atoms with van der Waals surface area (Å²) in [6.45, 7) is -1.47. The molecule has 94 valence electrons. The maximum absolute atomic E-state index is 12.3. The van der Waals surface area contributed by atoms with Gasteiger partial charge in [0.15, 0.2) is 0 Å². The molecule has 2 nitrogen and oxygen atoms in total. The van der Waals surface area contributed by atoms with Crippen LogP contribution in [0.3, 0.4) is 0 Å². The van der Waals surface area contributed by atoms with Crippen LogP contribution in [0.15, 0.2) is 36.4 Å². The average molecular weight is 282 g/mol. The van der Waals surface area contributed by atoms with Gasteiger partial charge in [0.05, 0.1) is 0 Å². The Morgan fingerprint density at radius 3 is 2.56 bits per heavy atom. The molecule has 0 fully saturated rings. The molecular weight excluding hydrogens is 267 g/mol. The summed E-state index contributed by atoms with van der Waals surface area (Å²) in [5, 5.41) is 0. The number of pyridine rings is 1. The van der Waals surface area contributed by atoms with E-state index in [-0.39, 0.29) is 57.9 Å². The first-order valence-corrected chi connectivity index (χ1v) is 5.35. The molecule has 0 aromatic carbocycles. The Balaban J connectivity index is 0.00000289. The van der Waals surface area contributed by atoms with Crippen molar-refractivity contribution in [2.24, 2.45) is 0 Å². The van der Waals surface area contributed by atoms with E-state index in [1.165, 1.54) is 0 Å². The summed E-state index contributed by atoms with van der Waals surface area (Å²) in [6.07, 6.45) is 2.31. The van der Waals surface area contributed by atoms with Crippen molar-refractivity contribution < 1.29 is 64.3 Å². The predicted octanol–water partition coefficient (Wildman–Crippen LogP) is -0.497.